The molecule has 0 saturated heterocycles. The summed E-state index contributed by atoms with van der Waals surface area (Å²) in [6.45, 7) is -0.501. The summed E-state index contributed by atoms with van der Waals surface area (Å²) >= 11 is 0.844. The van der Waals surface area contributed by atoms with Crippen LogP contribution >= 0.6 is 11.8 Å². The molecule has 0 bridgehead atoms. The molecule has 1 aromatic carbocycles. The van der Waals surface area contributed by atoms with Crippen molar-refractivity contribution in [3.8, 4) is 0 Å². The number of hydrogen-bond donors (Lipinski definition) is 1. The normalized spacial score (nSPS) is 12.1. The first kappa shape index (κ1) is 13.4. The number of halogens is 1. The van der Waals surface area contributed by atoms with Crippen LogP contribution in [0.15, 0.2) is 24.3 Å². The lowest BCUT2D eigenvalue weighted by molar-refractivity contribution is -0.479. The van der Waals surface area contributed by atoms with Crippen LogP contribution in [0.4, 0.5) is 4.39 Å². The van der Waals surface area contributed by atoms with E-state index in [1.807, 2.05) is 0 Å². The van der Waals surface area contributed by atoms with Crippen LogP contribution in [0.5, 0.6) is 0 Å². The quantitative estimate of drug-likeness (QED) is 0.624. The van der Waals surface area contributed by atoms with Gasteiger partial charge >= 0.3 is 5.97 Å². The van der Waals surface area contributed by atoms with Crippen molar-refractivity contribution < 1.29 is 19.2 Å². The summed E-state index contributed by atoms with van der Waals surface area (Å²) in [4.78, 5) is 20.3. The third-order valence-corrected chi connectivity index (χ3v) is 3.19. The van der Waals surface area contributed by atoms with Gasteiger partial charge in [0.05, 0.1) is 11.0 Å². The fraction of sp³-hybridized carbons (Fsp3) is 0.300. The van der Waals surface area contributed by atoms with Gasteiger partial charge in [0.25, 0.3) is 0 Å². The SMILES string of the molecule is O=C(O)CSC(C[N+](=O)[O-])c1ccccc1F. The van der Waals surface area contributed by atoms with Gasteiger partial charge in [-0.05, 0) is 6.07 Å². The summed E-state index contributed by atoms with van der Waals surface area (Å²) in [5, 5.41) is 18.2. The number of benzene rings is 1. The maximum atomic E-state index is 13.4. The minimum Gasteiger partial charge on any atom is -0.481 e. The summed E-state index contributed by atoms with van der Waals surface area (Å²) in [7, 11) is 0. The lowest BCUT2D eigenvalue weighted by atomic mass is 10.1. The third-order valence-electron chi connectivity index (χ3n) is 1.97. The summed E-state index contributed by atoms with van der Waals surface area (Å²) in [6, 6.07) is 5.67. The van der Waals surface area contributed by atoms with Crippen molar-refractivity contribution in [2.24, 2.45) is 0 Å². The Balaban J connectivity index is 2.85. The van der Waals surface area contributed by atoms with Crippen LogP contribution in [0.1, 0.15) is 10.8 Å². The van der Waals surface area contributed by atoms with E-state index >= 15 is 0 Å². The van der Waals surface area contributed by atoms with Gasteiger partial charge in [-0.3, -0.25) is 14.9 Å². The van der Waals surface area contributed by atoms with E-state index in [1.165, 1.54) is 18.2 Å². The van der Waals surface area contributed by atoms with Crippen LogP contribution < -0.4 is 0 Å². The first-order valence-corrected chi connectivity index (χ1v) is 5.75. The van der Waals surface area contributed by atoms with Gasteiger partial charge in [0, 0.05) is 10.5 Å². The van der Waals surface area contributed by atoms with E-state index in [2.05, 4.69) is 0 Å². The topological polar surface area (TPSA) is 80.4 Å². The number of aliphatic carboxylic acids is 1. The molecule has 17 heavy (non-hydrogen) atoms. The Morgan fingerprint density at radius 1 is 1.53 bits per heavy atom. The predicted molar refractivity (Wildman–Crippen MR) is 61.1 cm³/mol. The Bertz CT molecular complexity index is 427. The zero-order valence-corrected chi connectivity index (χ0v) is 9.52. The van der Waals surface area contributed by atoms with E-state index < -0.39 is 28.5 Å². The molecule has 1 rings (SSSR count). The van der Waals surface area contributed by atoms with Gasteiger partial charge in [-0.25, -0.2) is 4.39 Å². The summed E-state index contributed by atoms with van der Waals surface area (Å²) in [5.74, 6) is -1.94. The third kappa shape index (κ3) is 4.39. The summed E-state index contributed by atoms with van der Waals surface area (Å²) in [5.41, 5.74) is 0.162. The number of thioether (sulfide) groups is 1. The Labute approximate surface area is 101 Å². The molecule has 0 saturated carbocycles. The van der Waals surface area contributed by atoms with E-state index in [1.54, 1.807) is 6.07 Å². The first-order valence-electron chi connectivity index (χ1n) is 4.70. The van der Waals surface area contributed by atoms with Gasteiger partial charge in [0.2, 0.25) is 6.54 Å². The minimum atomic E-state index is -1.08. The molecule has 7 heteroatoms. The van der Waals surface area contributed by atoms with Crippen molar-refractivity contribution in [2.45, 2.75) is 5.25 Å². The number of rotatable bonds is 6. The highest BCUT2D eigenvalue weighted by Gasteiger charge is 2.22. The lowest BCUT2D eigenvalue weighted by Crippen LogP contribution is -2.13. The molecular formula is C10H10FNO4S. The predicted octanol–water partition coefficient (Wildman–Crippen LogP) is 1.96. The Hall–Kier alpha value is -1.63. The van der Waals surface area contributed by atoms with Crippen LogP contribution in [0.25, 0.3) is 0 Å². The van der Waals surface area contributed by atoms with Gasteiger partial charge < -0.3 is 5.11 Å². The second-order valence-electron chi connectivity index (χ2n) is 3.23. The van der Waals surface area contributed by atoms with E-state index in [4.69, 9.17) is 5.11 Å². The largest absolute Gasteiger partial charge is 0.481 e. The molecule has 0 aliphatic rings. The highest BCUT2D eigenvalue weighted by atomic mass is 32.2. The van der Waals surface area contributed by atoms with E-state index in [9.17, 15) is 19.3 Å². The second-order valence-corrected chi connectivity index (χ2v) is 4.42. The molecular weight excluding hydrogens is 249 g/mol. The standard InChI is InChI=1S/C10H10FNO4S/c11-8-4-2-1-3-7(8)9(5-12(15)16)17-6-10(13)14/h1-4,9H,5-6H2,(H,13,14). The van der Waals surface area contributed by atoms with Crippen molar-refractivity contribution in [3.05, 3.63) is 45.8 Å². The Morgan fingerprint density at radius 3 is 2.71 bits per heavy atom. The molecule has 5 nitrogen and oxygen atoms in total. The van der Waals surface area contributed by atoms with Crippen molar-refractivity contribution in [1.29, 1.82) is 0 Å². The molecule has 1 N–H and O–H groups in total. The van der Waals surface area contributed by atoms with Gasteiger partial charge in [-0.2, -0.15) is 0 Å². The van der Waals surface area contributed by atoms with Crippen molar-refractivity contribution in [3.63, 3.8) is 0 Å². The molecule has 0 heterocycles. The molecule has 1 atom stereocenters. The van der Waals surface area contributed by atoms with E-state index in [0.717, 1.165) is 11.8 Å². The lowest BCUT2D eigenvalue weighted by Gasteiger charge is -2.12. The van der Waals surface area contributed by atoms with Crippen molar-refractivity contribution >= 4 is 17.7 Å². The van der Waals surface area contributed by atoms with Crippen LogP contribution in [0, 0.1) is 15.9 Å². The van der Waals surface area contributed by atoms with E-state index in [-0.39, 0.29) is 11.3 Å². The fourth-order valence-electron chi connectivity index (χ4n) is 1.28. The zero-order valence-electron chi connectivity index (χ0n) is 8.71. The number of nitrogens with zero attached hydrogens (tertiary/aromatic N) is 1. The zero-order chi connectivity index (χ0) is 12.8. The van der Waals surface area contributed by atoms with Crippen molar-refractivity contribution in [1.82, 2.24) is 0 Å². The Kier molecular flexibility index (Phi) is 4.89. The maximum absolute atomic E-state index is 13.4. The highest BCUT2D eigenvalue weighted by molar-refractivity contribution is 8.00. The maximum Gasteiger partial charge on any atom is 0.313 e. The van der Waals surface area contributed by atoms with Gasteiger partial charge in [0.1, 0.15) is 5.82 Å². The van der Waals surface area contributed by atoms with Crippen LogP contribution in [-0.2, 0) is 4.79 Å². The molecule has 92 valence electrons. The molecule has 0 amide bonds. The van der Waals surface area contributed by atoms with Gasteiger partial charge in [-0.1, -0.05) is 18.2 Å². The second kappa shape index (κ2) is 6.19. The molecule has 0 radical (unpaired) electrons. The average Bonchev–Trinajstić information content (AvgIpc) is 2.24. The monoisotopic (exact) mass is 259 g/mol. The summed E-state index contributed by atoms with van der Waals surface area (Å²) in [6.07, 6.45) is 0. The smallest absolute Gasteiger partial charge is 0.313 e. The average molecular weight is 259 g/mol. The number of hydrogen-bond acceptors (Lipinski definition) is 4. The molecule has 0 fully saturated rings. The Morgan fingerprint density at radius 2 is 2.18 bits per heavy atom. The van der Waals surface area contributed by atoms with Gasteiger partial charge in [-0.15, -0.1) is 11.8 Å². The molecule has 0 aliphatic heterocycles. The minimum absolute atomic E-state index is 0.162. The van der Waals surface area contributed by atoms with Crippen LogP contribution in [0.2, 0.25) is 0 Å². The fourth-order valence-corrected chi connectivity index (χ4v) is 2.23. The molecule has 0 aliphatic carbocycles. The molecule has 0 aromatic heterocycles. The van der Waals surface area contributed by atoms with E-state index in [0.29, 0.717) is 0 Å². The number of nitro groups is 1. The van der Waals surface area contributed by atoms with Gasteiger partial charge in [0.15, 0.2) is 0 Å². The number of carboxylic acids is 1. The first-order chi connectivity index (χ1) is 8.00. The highest BCUT2D eigenvalue weighted by Crippen LogP contribution is 2.30. The molecule has 1 unspecified atom stereocenters. The van der Waals surface area contributed by atoms with Crippen LogP contribution in [-0.4, -0.2) is 28.3 Å². The molecule has 1 aromatic rings. The molecule has 0 spiro atoms. The summed E-state index contributed by atoms with van der Waals surface area (Å²) < 4.78 is 13.4. The number of carboxylic acid groups (broad SMARTS) is 1. The number of carbonyl (C=O) groups is 1. The van der Waals surface area contributed by atoms with Crippen LogP contribution in [0.3, 0.4) is 0 Å². The van der Waals surface area contributed by atoms with Crippen molar-refractivity contribution in [2.75, 3.05) is 12.3 Å².